The van der Waals surface area contributed by atoms with E-state index in [9.17, 15) is 13.2 Å². The Morgan fingerprint density at radius 2 is 1.32 bits per heavy atom. The van der Waals surface area contributed by atoms with Crippen molar-refractivity contribution in [3.8, 4) is 0 Å². The molecule has 0 radical (unpaired) electrons. The summed E-state index contributed by atoms with van der Waals surface area (Å²) in [5, 5.41) is 0. The summed E-state index contributed by atoms with van der Waals surface area (Å²) < 4.78 is 43.8. The second kappa shape index (κ2) is 11.8. The molecule has 25 heavy (non-hydrogen) atoms. The molecule has 0 unspecified atom stereocenters. The van der Waals surface area contributed by atoms with Gasteiger partial charge < -0.3 is 0 Å². The van der Waals surface area contributed by atoms with Gasteiger partial charge in [0.15, 0.2) is 0 Å². The molecule has 0 nitrogen and oxygen atoms in total. The van der Waals surface area contributed by atoms with Gasteiger partial charge in [-0.25, -0.2) is 0 Å². The molecule has 0 spiro atoms. The predicted octanol–water partition coefficient (Wildman–Crippen LogP) is 8.28. The van der Waals surface area contributed by atoms with E-state index >= 15 is 0 Å². The first-order valence-corrected chi connectivity index (χ1v) is 20.2. The van der Waals surface area contributed by atoms with Gasteiger partial charge in [0.05, 0.1) is 0 Å². The quantitative estimate of drug-likeness (QED) is 0.271. The fraction of sp³-hybridized carbons (Fsp3) is 0.700. The second-order valence-electron chi connectivity index (χ2n) is 6.94. The summed E-state index contributed by atoms with van der Waals surface area (Å²) in [6.45, 7) is 6.67. The summed E-state index contributed by atoms with van der Waals surface area (Å²) in [6, 6.07) is 6.15. The summed E-state index contributed by atoms with van der Waals surface area (Å²) >= 11 is -2.44. The molecule has 0 aromatic heterocycles. The van der Waals surface area contributed by atoms with Crippen LogP contribution in [0.2, 0.25) is 13.3 Å². The van der Waals surface area contributed by atoms with Gasteiger partial charge in [0.25, 0.3) is 0 Å². The first-order valence-electron chi connectivity index (χ1n) is 9.67. The van der Waals surface area contributed by atoms with Gasteiger partial charge in [-0.05, 0) is 0 Å². The Balaban J connectivity index is 2.96. The Bertz CT molecular complexity index is 466. The molecular formula is C20H33F3SSn. The number of rotatable bonds is 12. The molecule has 0 aliphatic heterocycles. The molecule has 1 aromatic rings. The third-order valence-corrected chi connectivity index (χ3v) is 27.3. The van der Waals surface area contributed by atoms with Crippen LogP contribution >= 0.6 is 8.95 Å². The van der Waals surface area contributed by atoms with Crippen molar-refractivity contribution < 1.29 is 13.2 Å². The molecule has 0 amide bonds. The molecule has 0 fully saturated rings. The van der Waals surface area contributed by atoms with Crippen molar-refractivity contribution in [2.24, 2.45) is 0 Å². The zero-order valence-electron chi connectivity index (χ0n) is 15.9. The minimum atomic E-state index is -4.24. The predicted molar refractivity (Wildman–Crippen MR) is 108 cm³/mol. The second-order valence-corrected chi connectivity index (χ2v) is 26.8. The van der Waals surface area contributed by atoms with Crippen molar-refractivity contribution in [2.75, 3.05) is 0 Å². The van der Waals surface area contributed by atoms with Crippen LogP contribution in [-0.4, -0.2) is 17.0 Å². The van der Waals surface area contributed by atoms with E-state index in [0.29, 0.717) is 11.3 Å². The molecule has 0 bridgehead atoms. The number of halogens is 3. The van der Waals surface area contributed by atoms with Crippen molar-refractivity contribution in [3.63, 3.8) is 0 Å². The van der Waals surface area contributed by atoms with Crippen LogP contribution in [0.4, 0.5) is 13.2 Å². The molecule has 5 heteroatoms. The zero-order valence-corrected chi connectivity index (χ0v) is 19.6. The average Bonchev–Trinajstić information content (AvgIpc) is 2.60. The van der Waals surface area contributed by atoms with E-state index in [2.05, 4.69) is 20.8 Å². The van der Waals surface area contributed by atoms with Crippen LogP contribution in [0.25, 0.3) is 0 Å². The molecule has 144 valence electrons. The topological polar surface area (TPSA) is 0 Å². The van der Waals surface area contributed by atoms with Crippen molar-refractivity contribution in [2.45, 2.75) is 84.5 Å². The van der Waals surface area contributed by atoms with E-state index in [-0.39, 0.29) is 0 Å². The van der Waals surface area contributed by atoms with E-state index in [1.54, 1.807) is 12.1 Å². The number of alkyl halides is 3. The molecule has 0 saturated carbocycles. The van der Waals surface area contributed by atoms with E-state index in [4.69, 9.17) is 0 Å². The Morgan fingerprint density at radius 3 is 1.76 bits per heavy atom. The number of hydrogen-bond acceptors (Lipinski definition) is 1. The number of benzene rings is 1. The van der Waals surface area contributed by atoms with Gasteiger partial charge in [-0.2, -0.15) is 0 Å². The number of unbranched alkanes of at least 4 members (excludes halogenated alkanes) is 3. The summed E-state index contributed by atoms with van der Waals surface area (Å²) in [4.78, 5) is 0. The SMILES string of the molecule is CCC[CH2][Sn]([CH2]CCC)([CH2]CCC)[S]Cc1ccccc1C(F)(F)F. The normalized spacial score (nSPS) is 12.6. The third-order valence-electron chi connectivity index (χ3n) is 4.81. The maximum atomic E-state index is 13.3. The standard InChI is InChI=1S/C8H7F3S.3C4H9.Sn/c9-8(10,11)7-4-2-1-3-6(7)5-12;3*1-3-4-2;/h1-4,12H,5H2;3*1,3-4H2,2H3;/q;;;;+1/p-1. The van der Waals surface area contributed by atoms with Gasteiger partial charge in [-0.15, -0.1) is 0 Å². The van der Waals surface area contributed by atoms with Crippen LogP contribution in [0, 0.1) is 0 Å². The van der Waals surface area contributed by atoms with Crippen LogP contribution in [0.15, 0.2) is 24.3 Å². The summed E-state index contributed by atoms with van der Waals surface area (Å²) in [7, 11) is 1.98. The van der Waals surface area contributed by atoms with Gasteiger partial charge in [0.1, 0.15) is 0 Å². The van der Waals surface area contributed by atoms with Crippen molar-refractivity contribution in [1.82, 2.24) is 0 Å². The van der Waals surface area contributed by atoms with Crippen LogP contribution in [0.3, 0.4) is 0 Å². The third kappa shape index (κ3) is 8.15. The van der Waals surface area contributed by atoms with Crippen LogP contribution in [0.5, 0.6) is 0 Å². The van der Waals surface area contributed by atoms with E-state index in [0.717, 1.165) is 0 Å². The number of hydrogen-bond donors (Lipinski definition) is 0. The zero-order chi connectivity index (χ0) is 18.8. The Hall–Kier alpha value is 0.159. The fourth-order valence-electron chi connectivity index (χ4n) is 3.24. The average molecular weight is 481 g/mol. The molecule has 0 saturated heterocycles. The van der Waals surface area contributed by atoms with Crippen molar-refractivity contribution in [1.29, 1.82) is 0 Å². The molecule has 0 heterocycles. The summed E-state index contributed by atoms with van der Waals surface area (Å²) in [5.74, 6) is 0.545. The molecule has 1 rings (SSSR count). The molecular weight excluding hydrogens is 448 g/mol. The van der Waals surface area contributed by atoms with Gasteiger partial charge >= 0.3 is 159 Å². The monoisotopic (exact) mass is 482 g/mol. The molecule has 0 aliphatic rings. The van der Waals surface area contributed by atoms with Crippen LogP contribution < -0.4 is 0 Å². The van der Waals surface area contributed by atoms with E-state index in [1.165, 1.54) is 64.0 Å². The molecule has 1 aromatic carbocycles. The fourth-order valence-corrected chi connectivity index (χ4v) is 25.6. The minimum absolute atomic E-state index is 0.441. The molecule has 0 aliphatic carbocycles. The van der Waals surface area contributed by atoms with Crippen molar-refractivity contribution >= 4 is 25.9 Å². The van der Waals surface area contributed by atoms with Gasteiger partial charge in [-0.3, -0.25) is 0 Å². The van der Waals surface area contributed by atoms with Gasteiger partial charge in [-0.1, -0.05) is 0 Å². The van der Waals surface area contributed by atoms with E-state index in [1.807, 2.05) is 8.95 Å². The van der Waals surface area contributed by atoms with Gasteiger partial charge in [0.2, 0.25) is 0 Å². The molecule has 0 atom stereocenters. The summed E-state index contributed by atoms with van der Waals surface area (Å²) in [5.41, 5.74) is 0.0368. The van der Waals surface area contributed by atoms with Gasteiger partial charge in [0, 0.05) is 0 Å². The van der Waals surface area contributed by atoms with Crippen LogP contribution in [-0.2, 0) is 11.9 Å². The first kappa shape index (κ1) is 23.2. The Kier molecular flexibility index (Phi) is 10.9. The maximum absolute atomic E-state index is 13.3. The Morgan fingerprint density at radius 1 is 0.840 bits per heavy atom. The van der Waals surface area contributed by atoms with Crippen molar-refractivity contribution in [3.05, 3.63) is 35.4 Å². The van der Waals surface area contributed by atoms with Crippen LogP contribution in [0.1, 0.15) is 70.4 Å². The Labute approximate surface area is 158 Å². The molecule has 0 N–H and O–H groups in total. The summed E-state index contributed by atoms with van der Waals surface area (Å²) in [6.07, 6.45) is 3.07. The van der Waals surface area contributed by atoms with E-state index < -0.39 is 28.7 Å². The first-order chi connectivity index (χ1) is 11.9.